The molecule has 0 spiro atoms. The van der Waals surface area contributed by atoms with Gasteiger partial charge >= 0.3 is 11.8 Å². The Bertz CT molecular complexity index is 696. The number of carbonyl (C=O) groups excluding carboxylic acids is 2. The van der Waals surface area contributed by atoms with Gasteiger partial charge in [-0.05, 0) is 48.9 Å². The molecule has 2 amide bonds. The minimum atomic E-state index is -0.722. The third kappa shape index (κ3) is 4.49. The van der Waals surface area contributed by atoms with Crippen LogP contribution in [0.25, 0.3) is 0 Å². The molecular formula is C18H20N2O4. The van der Waals surface area contributed by atoms with E-state index >= 15 is 0 Å². The van der Waals surface area contributed by atoms with Crippen LogP contribution in [0, 0.1) is 0 Å². The van der Waals surface area contributed by atoms with Gasteiger partial charge in [-0.15, -0.1) is 0 Å². The first-order valence-corrected chi connectivity index (χ1v) is 7.43. The highest BCUT2D eigenvalue weighted by molar-refractivity contribution is 6.39. The Balaban J connectivity index is 1.93. The quantitative estimate of drug-likeness (QED) is 0.827. The summed E-state index contributed by atoms with van der Waals surface area (Å²) in [5.41, 5.74) is 1.40. The molecule has 24 heavy (non-hydrogen) atoms. The maximum absolute atomic E-state index is 12.0. The number of benzene rings is 2. The van der Waals surface area contributed by atoms with Gasteiger partial charge in [-0.2, -0.15) is 0 Å². The Morgan fingerprint density at radius 3 is 1.83 bits per heavy atom. The van der Waals surface area contributed by atoms with E-state index in [9.17, 15) is 9.59 Å². The average Bonchev–Trinajstić information content (AvgIpc) is 2.62. The Morgan fingerprint density at radius 2 is 1.33 bits per heavy atom. The Labute approximate surface area is 140 Å². The van der Waals surface area contributed by atoms with Gasteiger partial charge in [0.25, 0.3) is 0 Å². The highest BCUT2D eigenvalue weighted by atomic mass is 16.5. The maximum atomic E-state index is 12.0. The lowest BCUT2D eigenvalue weighted by Gasteiger charge is -2.14. The van der Waals surface area contributed by atoms with Crippen LogP contribution in [0.4, 0.5) is 5.69 Å². The van der Waals surface area contributed by atoms with Gasteiger partial charge in [0.15, 0.2) is 0 Å². The minimum Gasteiger partial charge on any atom is -0.497 e. The molecule has 2 aromatic carbocycles. The Kier molecular flexibility index (Phi) is 5.78. The van der Waals surface area contributed by atoms with Gasteiger partial charge in [-0.3, -0.25) is 9.59 Å². The molecule has 126 valence electrons. The van der Waals surface area contributed by atoms with E-state index in [1.165, 1.54) is 0 Å². The first-order valence-electron chi connectivity index (χ1n) is 7.43. The van der Waals surface area contributed by atoms with Crippen molar-refractivity contribution in [1.29, 1.82) is 0 Å². The molecule has 0 aliphatic carbocycles. The molecule has 2 N–H and O–H groups in total. The van der Waals surface area contributed by atoms with E-state index in [-0.39, 0.29) is 6.04 Å². The van der Waals surface area contributed by atoms with Crippen LogP contribution in [0.1, 0.15) is 18.5 Å². The molecule has 0 aliphatic heterocycles. The van der Waals surface area contributed by atoms with E-state index < -0.39 is 11.8 Å². The first kappa shape index (κ1) is 17.3. The second-order valence-electron chi connectivity index (χ2n) is 5.15. The summed E-state index contributed by atoms with van der Waals surface area (Å²) in [5.74, 6) is -0.0187. The summed E-state index contributed by atoms with van der Waals surface area (Å²) in [6, 6.07) is 13.7. The molecule has 0 saturated carbocycles. The van der Waals surface area contributed by atoms with Crippen LogP contribution in [-0.4, -0.2) is 26.0 Å². The second-order valence-corrected chi connectivity index (χ2v) is 5.15. The Hall–Kier alpha value is -3.02. The van der Waals surface area contributed by atoms with Gasteiger partial charge in [0.2, 0.25) is 0 Å². The molecule has 0 heterocycles. The summed E-state index contributed by atoms with van der Waals surface area (Å²) in [6.07, 6.45) is 0. The van der Waals surface area contributed by atoms with Gasteiger partial charge in [0.1, 0.15) is 11.5 Å². The zero-order chi connectivity index (χ0) is 17.5. The number of ether oxygens (including phenoxy) is 2. The van der Waals surface area contributed by atoms with E-state index in [0.717, 1.165) is 11.3 Å². The molecule has 2 aromatic rings. The summed E-state index contributed by atoms with van der Waals surface area (Å²) in [6.45, 7) is 1.81. The number of hydrogen-bond donors (Lipinski definition) is 2. The van der Waals surface area contributed by atoms with E-state index in [1.807, 2.05) is 12.1 Å². The molecule has 6 nitrogen and oxygen atoms in total. The molecule has 0 aliphatic rings. The number of carbonyl (C=O) groups is 2. The summed E-state index contributed by atoms with van der Waals surface area (Å²) >= 11 is 0. The van der Waals surface area contributed by atoms with Gasteiger partial charge in [-0.1, -0.05) is 12.1 Å². The van der Waals surface area contributed by atoms with Crippen molar-refractivity contribution in [1.82, 2.24) is 5.32 Å². The van der Waals surface area contributed by atoms with Gasteiger partial charge in [0.05, 0.1) is 20.3 Å². The maximum Gasteiger partial charge on any atom is 0.313 e. The van der Waals surface area contributed by atoms with E-state index in [1.54, 1.807) is 57.5 Å². The molecule has 1 atom stereocenters. The summed E-state index contributed by atoms with van der Waals surface area (Å²) in [5, 5.41) is 5.20. The number of rotatable bonds is 5. The molecule has 0 saturated heterocycles. The number of amides is 2. The summed E-state index contributed by atoms with van der Waals surface area (Å²) < 4.78 is 10.1. The van der Waals surface area contributed by atoms with Crippen molar-refractivity contribution in [2.45, 2.75) is 13.0 Å². The largest absolute Gasteiger partial charge is 0.497 e. The van der Waals surface area contributed by atoms with Crippen LogP contribution in [0.15, 0.2) is 48.5 Å². The normalized spacial score (nSPS) is 11.3. The zero-order valence-electron chi connectivity index (χ0n) is 13.8. The molecule has 0 bridgehead atoms. The van der Waals surface area contributed by atoms with Crippen molar-refractivity contribution < 1.29 is 19.1 Å². The SMILES string of the molecule is COc1ccc(NC(=O)C(=O)NC(C)c2ccc(OC)cc2)cc1. The third-order valence-corrected chi connectivity index (χ3v) is 3.52. The monoisotopic (exact) mass is 328 g/mol. The lowest BCUT2D eigenvalue weighted by atomic mass is 10.1. The van der Waals surface area contributed by atoms with Crippen LogP contribution in [0.2, 0.25) is 0 Å². The molecule has 0 fully saturated rings. The molecule has 0 radical (unpaired) electrons. The average molecular weight is 328 g/mol. The van der Waals surface area contributed by atoms with Crippen LogP contribution < -0.4 is 20.1 Å². The highest BCUT2D eigenvalue weighted by Crippen LogP contribution is 2.17. The van der Waals surface area contributed by atoms with Gasteiger partial charge < -0.3 is 20.1 Å². The number of hydrogen-bond acceptors (Lipinski definition) is 4. The van der Waals surface area contributed by atoms with E-state index in [4.69, 9.17) is 9.47 Å². The van der Waals surface area contributed by atoms with Gasteiger partial charge in [0, 0.05) is 5.69 Å². The fourth-order valence-electron chi connectivity index (χ4n) is 2.10. The minimum absolute atomic E-state index is 0.301. The molecule has 6 heteroatoms. The second kappa shape index (κ2) is 8.01. The van der Waals surface area contributed by atoms with E-state index in [0.29, 0.717) is 11.4 Å². The van der Waals surface area contributed by atoms with E-state index in [2.05, 4.69) is 10.6 Å². The Morgan fingerprint density at radius 1 is 0.833 bits per heavy atom. The fraction of sp³-hybridized carbons (Fsp3) is 0.222. The first-order chi connectivity index (χ1) is 11.5. The van der Waals surface area contributed by atoms with Crippen LogP contribution in [-0.2, 0) is 9.59 Å². The van der Waals surface area contributed by atoms with Crippen LogP contribution >= 0.6 is 0 Å². The molecule has 1 unspecified atom stereocenters. The third-order valence-electron chi connectivity index (χ3n) is 3.52. The topological polar surface area (TPSA) is 76.7 Å². The summed E-state index contributed by atoms with van der Waals surface area (Å²) in [4.78, 5) is 24.0. The fourth-order valence-corrected chi connectivity index (χ4v) is 2.10. The summed E-state index contributed by atoms with van der Waals surface area (Å²) in [7, 11) is 3.14. The lowest BCUT2D eigenvalue weighted by Crippen LogP contribution is -2.36. The van der Waals surface area contributed by atoms with Crippen molar-refractivity contribution in [2.75, 3.05) is 19.5 Å². The van der Waals surface area contributed by atoms with Crippen molar-refractivity contribution >= 4 is 17.5 Å². The standard InChI is InChI=1S/C18H20N2O4/c1-12(13-4-8-15(23-2)9-5-13)19-17(21)18(22)20-14-6-10-16(24-3)11-7-14/h4-12H,1-3H3,(H,19,21)(H,20,22). The molecule has 0 aromatic heterocycles. The van der Waals surface area contributed by atoms with Crippen molar-refractivity contribution in [3.63, 3.8) is 0 Å². The van der Waals surface area contributed by atoms with Gasteiger partial charge in [-0.25, -0.2) is 0 Å². The highest BCUT2D eigenvalue weighted by Gasteiger charge is 2.17. The smallest absolute Gasteiger partial charge is 0.313 e. The lowest BCUT2D eigenvalue weighted by molar-refractivity contribution is -0.136. The number of nitrogens with one attached hydrogen (secondary N) is 2. The van der Waals surface area contributed by atoms with Crippen molar-refractivity contribution in [3.8, 4) is 11.5 Å². The van der Waals surface area contributed by atoms with Crippen molar-refractivity contribution in [3.05, 3.63) is 54.1 Å². The van der Waals surface area contributed by atoms with Crippen LogP contribution in [0.3, 0.4) is 0 Å². The number of methoxy groups -OCH3 is 2. The predicted molar refractivity (Wildman–Crippen MR) is 91.2 cm³/mol. The molecule has 2 rings (SSSR count). The number of anilines is 1. The van der Waals surface area contributed by atoms with Crippen LogP contribution in [0.5, 0.6) is 11.5 Å². The predicted octanol–water partition coefficient (Wildman–Crippen LogP) is 2.52. The molecular weight excluding hydrogens is 308 g/mol. The zero-order valence-corrected chi connectivity index (χ0v) is 13.8. The van der Waals surface area contributed by atoms with Crippen molar-refractivity contribution in [2.24, 2.45) is 0 Å².